The fourth-order valence-corrected chi connectivity index (χ4v) is 1.44. The smallest absolute Gasteiger partial charge is 0.329 e. The quantitative estimate of drug-likeness (QED) is 0.879. The molecule has 4 heteroatoms. The normalized spacial score (nSPS) is 9.45. The summed E-state index contributed by atoms with van der Waals surface area (Å²) < 4.78 is 5.61. The van der Waals surface area contributed by atoms with Gasteiger partial charge in [-0.05, 0) is 11.1 Å². The van der Waals surface area contributed by atoms with Crippen LogP contribution in [0.5, 0.6) is 0 Å². The van der Waals surface area contributed by atoms with Crippen LogP contribution in [0.2, 0.25) is 0 Å². The van der Waals surface area contributed by atoms with E-state index in [9.17, 15) is 0 Å². The van der Waals surface area contributed by atoms with Crippen LogP contribution in [-0.4, -0.2) is 22.8 Å². The molecule has 0 saturated carbocycles. The van der Waals surface area contributed by atoms with Crippen molar-refractivity contribution in [2.75, 3.05) is 6.61 Å². The summed E-state index contributed by atoms with van der Waals surface area (Å²) >= 11 is 0. The number of hydrogen-bond acceptors (Lipinski definition) is 3. The van der Waals surface area contributed by atoms with Crippen molar-refractivity contribution < 1.29 is 19.7 Å². The summed E-state index contributed by atoms with van der Waals surface area (Å²) in [7, 11) is 0. The van der Waals surface area contributed by atoms with Crippen molar-refractivity contribution in [1.29, 1.82) is 0 Å². The molecule has 106 valence electrons. The number of aliphatic hydroxyl groups is 1. The Morgan fingerprint density at radius 2 is 1.20 bits per heavy atom. The summed E-state index contributed by atoms with van der Waals surface area (Å²) in [4.78, 5) is 9.12. The molecule has 0 aliphatic rings. The van der Waals surface area contributed by atoms with E-state index in [1.807, 2.05) is 36.4 Å². The lowest BCUT2D eigenvalue weighted by Gasteiger charge is -2.03. The summed E-state index contributed by atoms with van der Waals surface area (Å²) in [6.45, 7) is 0.575. The van der Waals surface area contributed by atoms with E-state index in [1.165, 1.54) is 11.1 Å². The number of carboxylic acid groups (broad SMARTS) is 1. The van der Waals surface area contributed by atoms with E-state index in [1.54, 1.807) is 0 Å². The second kappa shape index (κ2) is 9.72. The third kappa shape index (κ3) is 7.31. The highest BCUT2D eigenvalue weighted by molar-refractivity contribution is 5.67. The highest BCUT2D eigenvalue weighted by Gasteiger charge is 1.93. The second-order valence-electron chi connectivity index (χ2n) is 4.02. The minimum absolute atomic E-state index is 0.676. The van der Waals surface area contributed by atoms with E-state index in [0.717, 1.165) is 0 Å². The Balaban J connectivity index is 0.000000347. The molecule has 2 rings (SSSR count). The van der Waals surface area contributed by atoms with E-state index in [-0.39, 0.29) is 0 Å². The number of ether oxygens (including phenoxy) is 1. The first-order chi connectivity index (χ1) is 9.72. The SMILES string of the molecule is O=C(O)CO.c1ccc(COCc2ccccc2)cc1. The topological polar surface area (TPSA) is 66.8 Å². The highest BCUT2D eigenvalue weighted by atomic mass is 16.5. The van der Waals surface area contributed by atoms with Gasteiger partial charge in [-0.15, -0.1) is 0 Å². The molecular weight excluding hydrogens is 256 g/mol. The van der Waals surface area contributed by atoms with Gasteiger partial charge in [0.1, 0.15) is 6.61 Å². The van der Waals surface area contributed by atoms with Crippen molar-refractivity contribution in [2.45, 2.75) is 13.2 Å². The molecule has 2 N–H and O–H groups in total. The number of carbonyl (C=O) groups is 1. The maximum atomic E-state index is 9.12. The molecular formula is C16H18O4. The van der Waals surface area contributed by atoms with Gasteiger partial charge in [-0.2, -0.15) is 0 Å². The lowest BCUT2D eigenvalue weighted by molar-refractivity contribution is -0.140. The van der Waals surface area contributed by atoms with Crippen LogP contribution in [0.3, 0.4) is 0 Å². The minimum atomic E-state index is -1.19. The van der Waals surface area contributed by atoms with Crippen molar-refractivity contribution in [1.82, 2.24) is 0 Å². The Kier molecular flexibility index (Phi) is 7.72. The molecule has 0 aromatic heterocycles. The second-order valence-corrected chi connectivity index (χ2v) is 4.02. The van der Waals surface area contributed by atoms with Crippen LogP contribution >= 0.6 is 0 Å². The molecule has 4 nitrogen and oxygen atoms in total. The molecule has 0 radical (unpaired) electrons. The zero-order valence-corrected chi connectivity index (χ0v) is 11.1. The van der Waals surface area contributed by atoms with Gasteiger partial charge < -0.3 is 14.9 Å². The maximum Gasteiger partial charge on any atom is 0.329 e. The van der Waals surface area contributed by atoms with E-state index >= 15 is 0 Å². The lowest BCUT2D eigenvalue weighted by Crippen LogP contribution is -1.98. The Labute approximate surface area is 118 Å². The van der Waals surface area contributed by atoms with E-state index in [0.29, 0.717) is 13.2 Å². The van der Waals surface area contributed by atoms with Crippen molar-refractivity contribution in [3.63, 3.8) is 0 Å². The van der Waals surface area contributed by atoms with Crippen molar-refractivity contribution in [3.8, 4) is 0 Å². The minimum Gasteiger partial charge on any atom is -0.480 e. The first kappa shape index (κ1) is 15.9. The van der Waals surface area contributed by atoms with Gasteiger partial charge in [-0.1, -0.05) is 60.7 Å². The van der Waals surface area contributed by atoms with E-state index < -0.39 is 12.6 Å². The van der Waals surface area contributed by atoms with Gasteiger partial charge in [0, 0.05) is 0 Å². The van der Waals surface area contributed by atoms with Crippen molar-refractivity contribution in [3.05, 3.63) is 71.8 Å². The Hall–Kier alpha value is -2.17. The highest BCUT2D eigenvalue weighted by Crippen LogP contribution is 2.05. The molecule has 0 fully saturated rings. The summed E-state index contributed by atoms with van der Waals surface area (Å²) in [6.07, 6.45) is 0. The average Bonchev–Trinajstić information content (AvgIpc) is 2.50. The van der Waals surface area contributed by atoms with Gasteiger partial charge in [-0.25, -0.2) is 4.79 Å². The summed E-state index contributed by atoms with van der Waals surface area (Å²) in [6, 6.07) is 20.4. The molecule has 2 aromatic carbocycles. The molecule has 0 saturated heterocycles. The van der Waals surface area contributed by atoms with Crippen LogP contribution < -0.4 is 0 Å². The molecule has 0 unspecified atom stereocenters. The molecule has 2 aromatic rings. The zero-order valence-electron chi connectivity index (χ0n) is 11.1. The Morgan fingerprint density at radius 1 is 0.850 bits per heavy atom. The number of rotatable bonds is 5. The van der Waals surface area contributed by atoms with Crippen LogP contribution in [0, 0.1) is 0 Å². The van der Waals surface area contributed by atoms with Crippen LogP contribution in [-0.2, 0) is 22.7 Å². The number of aliphatic hydroxyl groups excluding tert-OH is 1. The summed E-state index contributed by atoms with van der Waals surface area (Å²) in [5, 5.41) is 15.0. The number of aliphatic carboxylic acids is 1. The molecule has 0 aliphatic heterocycles. The Morgan fingerprint density at radius 3 is 1.50 bits per heavy atom. The van der Waals surface area contributed by atoms with Gasteiger partial charge in [0.05, 0.1) is 13.2 Å². The van der Waals surface area contributed by atoms with E-state index in [2.05, 4.69) is 24.3 Å². The van der Waals surface area contributed by atoms with Gasteiger partial charge in [0.25, 0.3) is 0 Å². The Bertz CT molecular complexity index is 443. The average molecular weight is 274 g/mol. The first-order valence-corrected chi connectivity index (χ1v) is 6.20. The third-order valence-corrected chi connectivity index (χ3v) is 2.36. The predicted molar refractivity (Wildman–Crippen MR) is 76.1 cm³/mol. The van der Waals surface area contributed by atoms with Gasteiger partial charge in [0.2, 0.25) is 0 Å². The van der Waals surface area contributed by atoms with Crippen molar-refractivity contribution in [2.24, 2.45) is 0 Å². The number of carboxylic acids is 1. The van der Waals surface area contributed by atoms with Gasteiger partial charge in [0.15, 0.2) is 0 Å². The van der Waals surface area contributed by atoms with Crippen LogP contribution in [0.15, 0.2) is 60.7 Å². The van der Waals surface area contributed by atoms with Gasteiger partial charge >= 0.3 is 5.97 Å². The number of hydrogen-bond donors (Lipinski definition) is 2. The molecule has 0 spiro atoms. The molecule has 0 bridgehead atoms. The monoisotopic (exact) mass is 274 g/mol. The first-order valence-electron chi connectivity index (χ1n) is 6.20. The van der Waals surface area contributed by atoms with Crippen LogP contribution in [0.25, 0.3) is 0 Å². The molecule has 0 aliphatic carbocycles. The largest absolute Gasteiger partial charge is 0.480 e. The number of benzene rings is 2. The molecule has 0 amide bonds. The lowest BCUT2D eigenvalue weighted by atomic mass is 10.2. The van der Waals surface area contributed by atoms with E-state index in [4.69, 9.17) is 19.7 Å². The third-order valence-electron chi connectivity index (χ3n) is 2.36. The summed E-state index contributed by atoms with van der Waals surface area (Å²) in [5.74, 6) is -1.19. The van der Waals surface area contributed by atoms with Crippen molar-refractivity contribution >= 4 is 5.97 Å². The van der Waals surface area contributed by atoms with Crippen LogP contribution in [0.4, 0.5) is 0 Å². The fraction of sp³-hybridized carbons (Fsp3) is 0.188. The zero-order chi connectivity index (χ0) is 14.6. The molecule has 0 heterocycles. The molecule has 0 atom stereocenters. The summed E-state index contributed by atoms with van der Waals surface area (Å²) in [5.41, 5.74) is 2.43. The predicted octanol–water partition coefficient (Wildman–Crippen LogP) is 2.47. The van der Waals surface area contributed by atoms with Gasteiger partial charge in [-0.3, -0.25) is 0 Å². The molecule has 20 heavy (non-hydrogen) atoms. The van der Waals surface area contributed by atoms with Crippen LogP contribution in [0.1, 0.15) is 11.1 Å². The fourth-order valence-electron chi connectivity index (χ4n) is 1.44. The standard InChI is InChI=1S/C14H14O.C2H4O3/c1-3-7-13(8-4-1)11-15-12-14-9-5-2-6-10-14;3-1-2(4)5/h1-10H,11-12H2;3H,1H2,(H,4,5). The maximum absolute atomic E-state index is 9.12.